The normalized spacial score (nSPS) is 24.8. The lowest BCUT2D eigenvalue weighted by Gasteiger charge is -2.28. The largest absolute Gasteiger partial charge is 0.493 e. The quantitative estimate of drug-likeness (QED) is 0.901. The van der Waals surface area contributed by atoms with E-state index < -0.39 is 6.10 Å². The molecule has 0 saturated heterocycles. The van der Waals surface area contributed by atoms with Crippen LogP contribution in [0.4, 0.5) is 0 Å². The van der Waals surface area contributed by atoms with Crippen molar-refractivity contribution in [3.63, 3.8) is 0 Å². The molecule has 1 aliphatic carbocycles. The standard InChI is InChI=1S/C16H24O3/c1-11-5-4-6-14(9-11)19-15-8-7-13(12(2)17)10-16(15)18-3/h7-8,10-12,14,17H,4-6,9H2,1-3H3/t11?,12-,14?/m0/s1. The van der Waals surface area contributed by atoms with Gasteiger partial charge in [0.1, 0.15) is 0 Å². The monoisotopic (exact) mass is 264 g/mol. The second-order valence-electron chi connectivity index (χ2n) is 5.60. The fraction of sp³-hybridized carbons (Fsp3) is 0.625. The number of aliphatic hydroxyl groups is 1. The Balaban J connectivity index is 2.11. The Morgan fingerprint density at radius 2 is 2.05 bits per heavy atom. The van der Waals surface area contributed by atoms with Crippen LogP contribution in [0.5, 0.6) is 11.5 Å². The highest BCUT2D eigenvalue weighted by Crippen LogP contribution is 2.34. The van der Waals surface area contributed by atoms with Gasteiger partial charge in [0.05, 0.1) is 19.3 Å². The third-order valence-electron chi connectivity index (χ3n) is 3.85. The predicted molar refractivity (Wildman–Crippen MR) is 75.7 cm³/mol. The van der Waals surface area contributed by atoms with Gasteiger partial charge < -0.3 is 14.6 Å². The molecule has 19 heavy (non-hydrogen) atoms. The van der Waals surface area contributed by atoms with Gasteiger partial charge in [-0.15, -0.1) is 0 Å². The first kappa shape index (κ1) is 14.2. The van der Waals surface area contributed by atoms with Gasteiger partial charge in [-0.2, -0.15) is 0 Å². The van der Waals surface area contributed by atoms with Crippen molar-refractivity contribution in [2.24, 2.45) is 5.92 Å². The molecule has 106 valence electrons. The van der Waals surface area contributed by atoms with Crippen molar-refractivity contribution in [3.8, 4) is 11.5 Å². The summed E-state index contributed by atoms with van der Waals surface area (Å²) in [6, 6.07) is 5.65. The minimum Gasteiger partial charge on any atom is -0.493 e. The Morgan fingerprint density at radius 1 is 1.26 bits per heavy atom. The van der Waals surface area contributed by atoms with Crippen LogP contribution in [0.1, 0.15) is 51.2 Å². The van der Waals surface area contributed by atoms with Crippen molar-refractivity contribution in [2.45, 2.75) is 51.7 Å². The molecule has 2 rings (SSSR count). The lowest BCUT2D eigenvalue weighted by Crippen LogP contribution is -2.24. The van der Waals surface area contributed by atoms with E-state index in [4.69, 9.17) is 9.47 Å². The molecule has 2 unspecified atom stereocenters. The van der Waals surface area contributed by atoms with Crippen LogP contribution in [0.25, 0.3) is 0 Å². The van der Waals surface area contributed by atoms with E-state index in [2.05, 4.69) is 6.92 Å². The van der Waals surface area contributed by atoms with Crippen LogP contribution in [-0.2, 0) is 0 Å². The number of hydrogen-bond acceptors (Lipinski definition) is 3. The highest BCUT2D eigenvalue weighted by molar-refractivity contribution is 5.43. The first-order valence-corrected chi connectivity index (χ1v) is 7.12. The summed E-state index contributed by atoms with van der Waals surface area (Å²) < 4.78 is 11.4. The Labute approximate surface area is 115 Å². The van der Waals surface area contributed by atoms with Crippen molar-refractivity contribution in [1.29, 1.82) is 0 Å². The fourth-order valence-corrected chi connectivity index (χ4v) is 2.71. The highest BCUT2D eigenvalue weighted by Gasteiger charge is 2.21. The zero-order valence-electron chi connectivity index (χ0n) is 12.1. The van der Waals surface area contributed by atoms with Gasteiger partial charge in [0.25, 0.3) is 0 Å². The minimum absolute atomic E-state index is 0.287. The van der Waals surface area contributed by atoms with E-state index in [0.717, 1.165) is 30.1 Å². The van der Waals surface area contributed by atoms with E-state index in [1.807, 2.05) is 18.2 Å². The number of ether oxygens (including phenoxy) is 2. The summed E-state index contributed by atoms with van der Waals surface area (Å²) in [5, 5.41) is 9.59. The molecule has 0 aromatic heterocycles. The Kier molecular flexibility index (Phi) is 4.70. The molecule has 0 spiro atoms. The Bertz CT molecular complexity index is 414. The Morgan fingerprint density at radius 3 is 2.68 bits per heavy atom. The van der Waals surface area contributed by atoms with Crippen LogP contribution >= 0.6 is 0 Å². The van der Waals surface area contributed by atoms with Crippen LogP contribution in [-0.4, -0.2) is 18.3 Å². The molecule has 1 aromatic carbocycles. The van der Waals surface area contributed by atoms with Crippen LogP contribution < -0.4 is 9.47 Å². The van der Waals surface area contributed by atoms with Crippen LogP contribution in [0.2, 0.25) is 0 Å². The lowest BCUT2D eigenvalue weighted by molar-refractivity contribution is 0.125. The smallest absolute Gasteiger partial charge is 0.161 e. The van der Waals surface area contributed by atoms with E-state index in [1.165, 1.54) is 12.8 Å². The summed E-state index contributed by atoms with van der Waals surface area (Å²) in [4.78, 5) is 0. The van der Waals surface area contributed by atoms with Crippen molar-refractivity contribution in [2.75, 3.05) is 7.11 Å². The van der Waals surface area contributed by atoms with Crippen LogP contribution in [0, 0.1) is 5.92 Å². The Hall–Kier alpha value is -1.22. The minimum atomic E-state index is -0.488. The van der Waals surface area contributed by atoms with E-state index in [-0.39, 0.29) is 6.10 Å². The molecular formula is C16H24O3. The van der Waals surface area contributed by atoms with Gasteiger partial charge >= 0.3 is 0 Å². The molecule has 0 radical (unpaired) electrons. The average molecular weight is 264 g/mol. The van der Waals surface area contributed by atoms with E-state index in [0.29, 0.717) is 5.75 Å². The number of rotatable bonds is 4. The second-order valence-corrected chi connectivity index (χ2v) is 5.60. The molecule has 1 fully saturated rings. The first-order valence-electron chi connectivity index (χ1n) is 7.12. The van der Waals surface area contributed by atoms with Gasteiger partial charge in [0.2, 0.25) is 0 Å². The second kappa shape index (κ2) is 6.29. The molecule has 0 bridgehead atoms. The average Bonchev–Trinajstić information content (AvgIpc) is 2.39. The lowest BCUT2D eigenvalue weighted by atomic mass is 9.89. The van der Waals surface area contributed by atoms with E-state index >= 15 is 0 Å². The summed E-state index contributed by atoms with van der Waals surface area (Å²) in [6.45, 7) is 4.03. The number of hydrogen-bond donors (Lipinski definition) is 1. The van der Waals surface area contributed by atoms with Gasteiger partial charge in [-0.3, -0.25) is 0 Å². The summed E-state index contributed by atoms with van der Waals surface area (Å²) in [5.41, 5.74) is 0.848. The molecule has 0 heterocycles. The highest BCUT2D eigenvalue weighted by atomic mass is 16.5. The van der Waals surface area contributed by atoms with Gasteiger partial charge in [0.15, 0.2) is 11.5 Å². The van der Waals surface area contributed by atoms with Crippen LogP contribution in [0.3, 0.4) is 0 Å². The molecule has 1 N–H and O–H groups in total. The van der Waals surface area contributed by atoms with Gasteiger partial charge in [-0.05, 0) is 49.8 Å². The summed E-state index contributed by atoms with van der Waals surface area (Å²) in [5.74, 6) is 2.23. The third-order valence-corrected chi connectivity index (χ3v) is 3.85. The number of methoxy groups -OCH3 is 1. The maximum atomic E-state index is 9.59. The molecule has 1 aromatic rings. The zero-order chi connectivity index (χ0) is 13.8. The zero-order valence-corrected chi connectivity index (χ0v) is 12.1. The van der Waals surface area contributed by atoms with Gasteiger partial charge in [-0.1, -0.05) is 19.4 Å². The topological polar surface area (TPSA) is 38.7 Å². The molecule has 0 aliphatic heterocycles. The molecule has 0 amide bonds. The molecule has 1 saturated carbocycles. The van der Waals surface area contributed by atoms with Crippen molar-refractivity contribution < 1.29 is 14.6 Å². The van der Waals surface area contributed by atoms with Crippen molar-refractivity contribution >= 4 is 0 Å². The predicted octanol–water partition coefficient (Wildman–Crippen LogP) is 3.71. The molecular weight excluding hydrogens is 240 g/mol. The maximum absolute atomic E-state index is 9.59. The van der Waals surface area contributed by atoms with Gasteiger partial charge in [0, 0.05) is 0 Å². The van der Waals surface area contributed by atoms with Crippen LogP contribution in [0.15, 0.2) is 18.2 Å². The maximum Gasteiger partial charge on any atom is 0.161 e. The van der Waals surface area contributed by atoms with E-state index in [9.17, 15) is 5.11 Å². The molecule has 3 heteroatoms. The molecule has 1 aliphatic rings. The number of benzene rings is 1. The van der Waals surface area contributed by atoms with Gasteiger partial charge in [-0.25, -0.2) is 0 Å². The first-order chi connectivity index (χ1) is 9.10. The summed E-state index contributed by atoms with van der Waals surface area (Å²) in [7, 11) is 1.64. The van der Waals surface area contributed by atoms with Crippen molar-refractivity contribution in [1.82, 2.24) is 0 Å². The van der Waals surface area contributed by atoms with E-state index in [1.54, 1.807) is 14.0 Å². The summed E-state index contributed by atoms with van der Waals surface area (Å²) >= 11 is 0. The molecule has 3 nitrogen and oxygen atoms in total. The van der Waals surface area contributed by atoms with Crippen molar-refractivity contribution in [3.05, 3.63) is 23.8 Å². The fourth-order valence-electron chi connectivity index (χ4n) is 2.71. The molecule has 3 atom stereocenters. The number of aliphatic hydroxyl groups excluding tert-OH is 1. The SMILES string of the molecule is COc1cc([C@H](C)O)ccc1OC1CCCC(C)C1. The summed E-state index contributed by atoms with van der Waals surface area (Å²) in [6.07, 6.45) is 4.57. The third kappa shape index (κ3) is 3.63.